The van der Waals surface area contributed by atoms with Crippen LogP contribution in [0.3, 0.4) is 0 Å². The Morgan fingerprint density at radius 2 is 2.04 bits per heavy atom. The number of carbonyl (C=O) groups excluding carboxylic acids is 2. The van der Waals surface area contributed by atoms with E-state index in [9.17, 15) is 9.59 Å². The number of halogens is 1. The van der Waals surface area contributed by atoms with Crippen LogP contribution in [-0.2, 0) is 16.0 Å². The van der Waals surface area contributed by atoms with Gasteiger partial charge in [0.25, 0.3) is 0 Å². The molecule has 1 saturated carbocycles. The van der Waals surface area contributed by atoms with Gasteiger partial charge < -0.3 is 15.2 Å². The first-order valence-corrected chi connectivity index (χ1v) is 8.24. The van der Waals surface area contributed by atoms with Gasteiger partial charge in [-0.2, -0.15) is 0 Å². The summed E-state index contributed by atoms with van der Waals surface area (Å²) in [7, 11) is 1.76. The third kappa shape index (κ3) is 2.14. The second-order valence-electron chi connectivity index (χ2n) is 6.49. The SMILES string of the molecule is CN1C(=O)[C@H](Cc2c[nH]c3ccccc23)NC(=O)[C@H](Cl)C12CC2. The highest BCUT2D eigenvalue weighted by molar-refractivity contribution is 6.32. The van der Waals surface area contributed by atoms with Crippen LogP contribution in [0.15, 0.2) is 30.5 Å². The summed E-state index contributed by atoms with van der Waals surface area (Å²) in [6.07, 6.45) is 3.94. The number of fused-ring (bicyclic) bond motifs is 1. The number of H-pyrrole nitrogens is 1. The molecule has 1 spiro atoms. The fraction of sp³-hybridized carbons (Fsp3) is 0.412. The highest BCUT2D eigenvalue weighted by atomic mass is 35.5. The molecule has 2 fully saturated rings. The van der Waals surface area contributed by atoms with Gasteiger partial charge in [0.05, 0.1) is 5.54 Å². The van der Waals surface area contributed by atoms with Gasteiger partial charge in [-0.05, 0) is 24.5 Å². The lowest BCUT2D eigenvalue weighted by molar-refractivity contribution is -0.134. The van der Waals surface area contributed by atoms with Crippen LogP contribution < -0.4 is 5.32 Å². The molecule has 6 heteroatoms. The number of carbonyl (C=O) groups is 2. The number of benzene rings is 1. The second kappa shape index (κ2) is 4.99. The molecular formula is C17H18ClN3O2. The van der Waals surface area contributed by atoms with Gasteiger partial charge in [-0.3, -0.25) is 9.59 Å². The highest BCUT2D eigenvalue weighted by Crippen LogP contribution is 2.47. The molecule has 5 nitrogen and oxygen atoms in total. The number of hydrogen-bond acceptors (Lipinski definition) is 2. The fourth-order valence-corrected chi connectivity index (χ4v) is 3.98. The van der Waals surface area contributed by atoms with Crippen LogP contribution in [0.2, 0.25) is 0 Å². The normalized spacial score (nSPS) is 26.4. The maximum atomic E-state index is 12.8. The molecule has 1 aromatic heterocycles. The molecule has 1 saturated heterocycles. The van der Waals surface area contributed by atoms with E-state index < -0.39 is 17.0 Å². The molecule has 23 heavy (non-hydrogen) atoms. The lowest BCUT2D eigenvalue weighted by Crippen LogP contribution is -2.47. The van der Waals surface area contributed by atoms with Crippen molar-refractivity contribution < 1.29 is 9.59 Å². The number of hydrogen-bond donors (Lipinski definition) is 2. The van der Waals surface area contributed by atoms with Crippen molar-refractivity contribution in [3.63, 3.8) is 0 Å². The Bertz CT molecular complexity index is 796. The van der Waals surface area contributed by atoms with Crippen molar-refractivity contribution in [3.05, 3.63) is 36.0 Å². The van der Waals surface area contributed by atoms with E-state index in [1.54, 1.807) is 11.9 Å². The summed E-state index contributed by atoms with van der Waals surface area (Å²) in [6.45, 7) is 0. The highest BCUT2D eigenvalue weighted by Gasteiger charge is 2.59. The van der Waals surface area contributed by atoms with Crippen LogP contribution in [0.1, 0.15) is 18.4 Å². The van der Waals surface area contributed by atoms with Crippen molar-refractivity contribution in [2.24, 2.45) is 0 Å². The van der Waals surface area contributed by atoms with E-state index >= 15 is 0 Å². The predicted molar refractivity (Wildman–Crippen MR) is 88.3 cm³/mol. The summed E-state index contributed by atoms with van der Waals surface area (Å²) >= 11 is 6.32. The van der Waals surface area contributed by atoms with E-state index in [0.717, 1.165) is 29.3 Å². The molecule has 2 aliphatic rings. The topological polar surface area (TPSA) is 65.2 Å². The molecule has 2 atom stereocenters. The Balaban J connectivity index is 1.66. The molecule has 120 valence electrons. The number of rotatable bonds is 2. The Labute approximate surface area is 139 Å². The number of nitrogens with one attached hydrogen (secondary N) is 2. The summed E-state index contributed by atoms with van der Waals surface area (Å²) in [5.74, 6) is -0.309. The predicted octanol–water partition coefficient (Wildman–Crippen LogP) is 1.81. The summed E-state index contributed by atoms with van der Waals surface area (Å²) in [6, 6.07) is 7.36. The third-order valence-corrected chi connectivity index (χ3v) is 5.78. The minimum absolute atomic E-state index is 0.0655. The molecule has 2 aromatic rings. The lowest BCUT2D eigenvalue weighted by atomic mass is 10.0. The molecule has 1 aliphatic carbocycles. The molecule has 0 unspecified atom stereocenters. The van der Waals surface area contributed by atoms with Crippen LogP contribution in [0.4, 0.5) is 0 Å². The van der Waals surface area contributed by atoms with E-state index in [1.165, 1.54) is 0 Å². The molecule has 0 bridgehead atoms. The molecule has 2 N–H and O–H groups in total. The standard InChI is InChI=1S/C17H18ClN3O2/c1-21-16(23)13(20-15(22)14(18)17(21)6-7-17)8-10-9-19-12-5-3-2-4-11(10)12/h2-5,9,13-14,19H,6-8H2,1H3,(H,20,22)/t13-,14-/m0/s1. The van der Waals surface area contributed by atoms with Crippen LogP contribution in [0.5, 0.6) is 0 Å². The Hall–Kier alpha value is -2.01. The molecule has 0 radical (unpaired) electrons. The quantitative estimate of drug-likeness (QED) is 0.824. The number of amides is 2. The molecule has 2 amide bonds. The van der Waals surface area contributed by atoms with Gasteiger partial charge in [0, 0.05) is 30.6 Å². The number of aromatic nitrogens is 1. The van der Waals surface area contributed by atoms with Crippen LogP contribution >= 0.6 is 11.6 Å². The fourth-order valence-electron chi connectivity index (χ4n) is 3.55. The average Bonchev–Trinajstić information content (AvgIpc) is 3.28. The zero-order valence-electron chi connectivity index (χ0n) is 12.8. The average molecular weight is 332 g/mol. The zero-order valence-corrected chi connectivity index (χ0v) is 13.6. The summed E-state index contributed by atoms with van der Waals surface area (Å²) in [4.78, 5) is 30.0. The van der Waals surface area contributed by atoms with Crippen molar-refractivity contribution in [2.45, 2.75) is 36.2 Å². The molecular weight excluding hydrogens is 314 g/mol. The Morgan fingerprint density at radius 1 is 1.30 bits per heavy atom. The number of para-hydroxylation sites is 1. The van der Waals surface area contributed by atoms with Gasteiger partial charge in [0.15, 0.2) is 0 Å². The van der Waals surface area contributed by atoms with E-state index in [2.05, 4.69) is 10.3 Å². The lowest BCUT2D eigenvalue weighted by Gasteiger charge is -2.28. The summed E-state index contributed by atoms with van der Waals surface area (Å²) in [5, 5.41) is 3.23. The van der Waals surface area contributed by atoms with Crippen molar-refractivity contribution in [1.82, 2.24) is 15.2 Å². The minimum atomic E-state index is -0.676. The van der Waals surface area contributed by atoms with Crippen LogP contribution in [0.25, 0.3) is 10.9 Å². The zero-order chi connectivity index (χ0) is 16.2. The van der Waals surface area contributed by atoms with Gasteiger partial charge >= 0.3 is 0 Å². The number of alkyl halides is 1. The van der Waals surface area contributed by atoms with Crippen LogP contribution in [-0.4, -0.2) is 45.7 Å². The van der Waals surface area contributed by atoms with E-state index in [0.29, 0.717) is 6.42 Å². The van der Waals surface area contributed by atoms with E-state index in [1.807, 2.05) is 30.5 Å². The van der Waals surface area contributed by atoms with Crippen molar-refractivity contribution in [1.29, 1.82) is 0 Å². The van der Waals surface area contributed by atoms with Crippen molar-refractivity contribution >= 4 is 34.3 Å². The Kier molecular flexibility index (Phi) is 3.17. The van der Waals surface area contributed by atoms with E-state index in [4.69, 9.17) is 11.6 Å². The second-order valence-corrected chi connectivity index (χ2v) is 6.92. The monoisotopic (exact) mass is 331 g/mol. The number of nitrogens with zero attached hydrogens (tertiary/aromatic N) is 1. The maximum absolute atomic E-state index is 12.8. The Morgan fingerprint density at radius 3 is 2.78 bits per heavy atom. The van der Waals surface area contributed by atoms with Crippen molar-refractivity contribution in [3.8, 4) is 0 Å². The first-order valence-electron chi connectivity index (χ1n) is 7.80. The molecule has 1 aromatic carbocycles. The largest absolute Gasteiger partial charge is 0.361 e. The molecule has 1 aliphatic heterocycles. The maximum Gasteiger partial charge on any atom is 0.245 e. The number of aromatic amines is 1. The van der Waals surface area contributed by atoms with Gasteiger partial charge in [-0.25, -0.2) is 0 Å². The van der Waals surface area contributed by atoms with Crippen LogP contribution in [0, 0.1) is 0 Å². The molecule has 4 rings (SSSR count). The van der Waals surface area contributed by atoms with Gasteiger partial charge in [-0.1, -0.05) is 18.2 Å². The van der Waals surface area contributed by atoms with Gasteiger partial charge in [0.2, 0.25) is 11.8 Å². The molecule has 2 heterocycles. The summed E-state index contributed by atoms with van der Waals surface area (Å²) < 4.78 is 0. The van der Waals surface area contributed by atoms with Crippen molar-refractivity contribution in [2.75, 3.05) is 7.05 Å². The minimum Gasteiger partial charge on any atom is -0.361 e. The van der Waals surface area contributed by atoms with E-state index in [-0.39, 0.29) is 11.8 Å². The smallest absolute Gasteiger partial charge is 0.245 e. The number of likely N-dealkylation sites (N-methyl/N-ethyl adjacent to an activating group) is 1. The summed E-state index contributed by atoms with van der Waals surface area (Å²) in [5.41, 5.74) is 1.56. The third-order valence-electron chi connectivity index (χ3n) is 5.18. The van der Waals surface area contributed by atoms with Gasteiger partial charge in [-0.15, -0.1) is 11.6 Å². The first kappa shape index (κ1) is 14.6. The van der Waals surface area contributed by atoms with Gasteiger partial charge in [0.1, 0.15) is 11.4 Å². The first-order chi connectivity index (χ1) is 11.0.